The number of rotatable bonds is 16. The Morgan fingerprint density at radius 1 is 0.284 bits per heavy atom. The van der Waals surface area contributed by atoms with Crippen molar-refractivity contribution in [3.63, 3.8) is 0 Å². The third-order valence-corrected chi connectivity index (χ3v) is 19.4. The molecular formula is C41H61Cl3F12O28S4. The lowest BCUT2D eigenvalue weighted by atomic mass is 9.81. The molecule has 0 aromatic rings. The fraction of sp³-hybridized carbons (Fsp3) is 1.00. The fourth-order valence-corrected chi connectivity index (χ4v) is 11.8. The second kappa shape index (κ2) is 26.2. The van der Waals surface area contributed by atoms with Gasteiger partial charge in [0.05, 0.1) is 0 Å². The van der Waals surface area contributed by atoms with Gasteiger partial charge in [0.25, 0.3) is 0 Å². The summed E-state index contributed by atoms with van der Waals surface area (Å²) in [4.78, 5) is 0. The van der Waals surface area contributed by atoms with Gasteiger partial charge in [-0.2, -0.15) is 86.4 Å². The molecule has 0 radical (unpaired) electrons. The summed E-state index contributed by atoms with van der Waals surface area (Å²) in [5.74, 6) is -17.0. The van der Waals surface area contributed by atoms with Gasteiger partial charge in [-0.25, -0.2) is 0 Å². The predicted molar refractivity (Wildman–Crippen MR) is 263 cm³/mol. The van der Waals surface area contributed by atoms with E-state index in [9.17, 15) is 86.4 Å². The monoisotopic (exact) mass is 1460 g/mol. The number of hydrogen-bond donors (Lipinski definition) is 0. The summed E-state index contributed by atoms with van der Waals surface area (Å²) in [6.45, 7) is 9.08. The summed E-state index contributed by atoms with van der Waals surface area (Å²) in [7, 11) is -17.7. The molecule has 2 saturated carbocycles. The minimum absolute atomic E-state index is 0.750. The van der Waals surface area contributed by atoms with Gasteiger partial charge >= 0.3 is 62.5 Å². The second-order valence-corrected chi connectivity index (χ2v) is 28.2. The number of alkyl halides is 15. The van der Waals surface area contributed by atoms with Crippen molar-refractivity contribution in [1.29, 1.82) is 0 Å². The highest BCUT2D eigenvalue weighted by molar-refractivity contribution is 7.88. The molecule has 6 rings (SSSR count). The van der Waals surface area contributed by atoms with E-state index in [2.05, 4.69) is 16.7 Å². The number of hydrogen-bond acceptors (Lipinski definition) is 28. The molecule has 4 aliphatic heterocycles. The van der Waals surface area contributed by atoms with E-state index in [-0.39, 0.29) is 0 Å². The van der Waals surface area contributed by atoms with Crippen LogP contribution in [0.2, 0.25) is 0 Å². The highest BCUT2D eigenvalue weighted by Gasteiger charge is 2.75. The van der Waals surface area contributed by atoms with Gasteiger partial charge in [-0.15, -0.1) is 0 Å². The van der Waals surface area contributed by atoms with Crippen molar-refractivity contribution in [3.8, 4) is 0 Å². The molecule has 4 heterocycles. The Balaban J connectivity index is 0.000000355. The van der Waals surface area contributed by atoms with Gasteiger partial charge in [-0.1, -0.05) is 34.8 Å². The van der Waals surface area contributed by atoms with Gasteiger partial charge in [-0.05, 0) is 55.4 Å². The quantitative estimate of drug-likeness (QED) is 0.0853. The molecule has 0 aromatic heterocycles. The molecule has 0 bridgehead atoms. The van der Waals surface area contributed by atoms with Crippen LogP contribution in [0.5, 0.6) is 0 Å². The Bertz CT molecular complexity index is 2430. The molecule has 0 N–H and O–H groups in total. The number of fused-ring (bicyclic) bond motifs is 4. The van der Waals surface area contributed by atoms with Gasteiger partial charge in [0, 0.05) is 56.9 Å². The average molecular weight is 1460 g/mol. The minimum Gasteiger partial charge on any atom is -0.349 e. The lowest BCUT2D eigenvalue weighted by Gasteiger charge is -2.61. The standard InChI is InChI=1S/2C20H30F6O14S2.CHCl3/c2*1-15(31-5)16(2,32-6)36-10-9(35-15)13(39-41(27,28)19(21,22)23)11-12(14(10)40-42(29,30)20(24,25)26)38-18(4,34-8)17(3,33-7)37-11;2-1(3)4/h2*9-14H,1-8H3;1H/t2*9-,10-,11+,12+,13?,14?,15-,16-,17+,18+;. The number of halogens is 15. The second-order valence-electron chi connectivity index (χ2n) is 19.9. The zero-order chi connectivity index (χ0) is 68.6. The van der Waals surface area contributed by atoms with E-state index in [1.165, 1.54) is 0 Å². The molecule has 47 heteroatoms. The van der Waals surface area contributed by atoms with Crippen LogP contribution in [0, 0.1) is 0 Å². The zero-order valence-electron chi connectivity index (χ0n) is 48.2. The van der Waals surface area contributed by atoms with Crippen LogP contribution in [0.15, 0.2) is 0 Å². The molecule has 4 saturated heterocycles. The first-order valence-electron chi connectivity index (χ1n) is 24.1. The largest absolute Gasteiger partial charge is 0.523 e. The highest BCUT2D eigenvalue weighted by atomic mass is 35.6. The van der Waals surface area contributed by atoms with E-state index in [1.807, 2.05) is 0 Å². The van der Waals surface area contributed by atoms with Gasteiger partial charge in [0.1, 0.15) is 73.2 Å². The Kier molecular flexibility index (Phi) is 23.7. The molecule has 2 aliphatic carbocycles. The molecule has 522 valence electrons. The Labute approximate surface area is 510 Å². The summed E-state index contributed by atoms with van der Waals surface area (Å²) in [5, 5.41) is 0. The highest BCUT2D eigenvalue weighted by Crippen LogP contribution is 2.55. The van der Waals surface area contributed by atoms with Gasteiger partial charge in [-0.3, -0.25) is 16.7 Å². The van der Waals surface area contributed by atoms with E-state index in [1.54, 1.807) is 0 Å². The summed E-state index contributed by atoms with van der Waals surface area (Å²) in [6.07, 6.45) is -27.5. The summed E-state index contributed by atoms with van der Waals surface area (Å²) in [6, 6.07) is 0. The van der Waals surface area contributed by atoms with Crippen LogP contribution in [-0.2, 0) is 133 Å². The fourth-order valence-electron chi connectivity index (χ4n) is 9.36. The predicted octanol–water partition coefficient (Wildman–Crippen LogP) is 4.96. The topological polar surface area (TPSA) is 321 Å². The molecule has 88 heavy (non-hydrogen) atoms. The molecule has 0 aromatic carbocycles. The smallest absolute Gasteiger partial charge is 0.349 e. The molecular weight excluding hydrogens is 1400 g/mol. The zero-order valence-corrected chi connectivity index (χ0v) is 53.8. The SMILES string of the molecule is CO[C@@]1(C)O[C@@H]2C(OS(=O)(=O)C(F)(F)F)[C@@H]3O[C@@](C)(OC)[C@](C)(OC)O[C@H]3C(OS(=O)(=O)C(F)(F)F)[C@H]2O[C@]1(C)OC.CO[C@@]1(C)O[C@@H]2C(OS(=O)(=O)C(F)(F)F)[C@@H]3O[C@@](C)(OC)[C@](C)(OC)O[C@H]3C(OS(=O)(=O)C(F)(F)F)[C@H]2O[C@]1(C)OC.ClC(Cl)Cl. The number of ether oxygens (including phenoxy) is 16. The first-order valence-corrected chi connectivity index (χ1v) is 31.0. The molecule has 28 nitrogen and oxygen atoms in total. The lowest BCUT2D eigenvalue weighted by Crippen LogP contribution is -2.80. The van der Waals surface area contributed by atoms with Crippen molar-refractivity contribution >= 4 is 75.3 Å². The van der Waals surface area contributed by atoms with Gasteiger partial charge in [0.2, 0.25) is 46.3 Å². The van der Waals surface area contributed by atoms with E-state index in [4.69, 9.17) is 111 Å². The maximum atomic E-state index is 13.5. The van der Waals surface area contributed by atoms with Crippen molar-refractivity contribution in [2.24, 2.45) is 0 Å². The normalized spacial score (nSPS) is 41.9. The molecule has 0 spiro atoms. The minimum atomic E-state index is -6.49. The molecule has 20 atom stereocenters. The van der Waals surface area contributed by atoms with E-state index in [0.717, 1.165) is 112 Å². The Hall–Kier alpha value is -0.970. The first kappa shape index (κ1) is 79.5. The molecule has 6 fully saturated rings. The summed E-state index contributed by atoms with van der Waals surface area (Å²) >= 11 is 14.4. The van der Waals surface area contributed by atoms with Crippen molar-refractivity contribution in [1.82, 2.24) is 0 Å². The van der Waals surface area contributed by atoms with Crippen LogP contribution in [0.25, 0.3) is 0 Å². The van der Waals surface area contributed by atoms with Gasteiger partial charge in [0.15, 0.2) is 4.30 Å². The Morgan fingerprint density at radius 2 is 0.375 bits per heavy atom. The third kappa shape index (κ3) is 14.6. The van der Waals surface area contributed by atoms with Crippen LogP contribution in [0.4, 0.5) is 52.7 Å². The maximum Gasteiger partial charge on any atom is 0.523 e. The maximum absolute atomic E-state index is 13.5. The van der Waals surface area contributed by atoms with E-state index in [0.29, 0.717) is 0 Å². The Morgan fingerprint density at radius 3 is 0.443 bits per heavy atom. The summed E-state index contributed by atoms with van der Waals surface area (Å²) in [5.41, 5.74) is -24.0. The van der Waals surface area contributed by atoms with Crippen LogP contribution in [-0.4, -0.2) is 236 Å². The van der Waals surface area contributed by atoms with E-state index >= 15 is 0 Å². The molecule has 4 unspecified atom stereocenters. The summed E-state index contributed by atoms with van der Waals surface area (Å²) < 4.78 is 365. The first-order chi connectivity index (χ1) is 39.4. The third-order valence-electron chi connectivity index (χ3n) is 15.3. The van der Waals surface area contributed by atoms with Crippen LogP contribution in [0.3, 0.4) is 0 Å². The molecule has 0 amide bonds. The number of methoxy groups -OCH3 is 8. The van der Waals surface area contributed by atoms with Crippen molar-refractivity contribution in [3.05, 3.63) is 0 Å². The van der Waals surface area contributed by atoms with Crippen molar-refractivity contribution in [2.45, 2.75) is 201 Å². The van der Waals surface area contributed by atoms with Crippen LogP contribution in [0.1, 0.15) is 55.4 Å². The average Bonchev–Trinajstić information content (AvgIpc) is 1.07. The van der Waals surface area contributed by atoms with Gasteiger partial charge < -0.3 is 75.8 Å². The van der Waals surface area contributed by atoms with Crippen LogP contribution >= 0.6 is 34.8 Å². The van der Waals surface area contributed by atoms with Crippen LogP contribution < -0.4 is 0 Å². The van der Waals surface area contributed by atoms with E-state index < -0.39 is 186 Å². The van der Waals surface area contributed by atoms with Crippen molar-refractivity contribution in [2.75, 3.05) is 56.9 Å². The lowest BCUT2D eigenvalue weighted by molar-refractivity contribution is -0.500. The van der Waals surface area contributed by atoms with Crippen molar-refractivity contribution < 1.29 is 179 Å². The molecule has 6 aliphatic rings.